The second-order valence-corrected chi connectivity index (χ2v) is 6.90. The fourth-order valence-electron chi connectivity index (χ4n) is 2.53. The van der Waals surface area contributed by atoms with Crippen LogP contribution in [0.2, 0.25) is 0 Å². The summed E-state index contributed by atoms with van der Waals surface area (Å²) in [6, 6.07) is 8.94. The molecule has 0 saturated heterocycles. The van der Waals surface area contributed by atoms with Crippen molar-refractivity contribution in [1.29, 1.82) is 0 Å². The lowest BCUT2D eigenvalue weighted by molar-refractivity contribution is 0.357. The number of aryl methyl sites for hydroxylation is 1. The highest BCUT2D eigenvalue weighted by molar-refractivity contribution is 9.10. The van der Waals surface area contributed by atoms with Crippen LogP contribution in [0.4, 0.5) is 0 Å². The van der Waals surface area contributed by atoms with Crippen LogP contribution in [0.1, 0.15) is 26.9 Å². The maximum absolute atomic E-state index is 5.57. The number of hydrogen-bond acceptors (Lipinski definition) is 3. The Morgan fingerprint density at radius 1 is 1.37 bits per heavy atom. The lowest BCUT2D eigenvalue weighted by Gasteiger charge is -2.17. The van der Waals surface area contributed by atoms with Gasteiger partial charge in [0, 0.05) is 20.6 Å². The van der Waals surface area contributed by atoms with Crippen LogP contribution in [0.5, 0.6) is 5.75 Å². The number of fused-ring (bicyclic) bond motifs is 1. The first-order valence-corrected chi connectivity index (χ1v) is 7.98. The summed E-state index contributed by atoms with van der Waals surface area (Å²) in [5.41, 5.74) is 2.62. The summed E-state index contributed by atoms with van der Waals surface area (Å²) in [6.45, 7) is 2.95. The maximum atomic E-state index is 5.57. The van der Waals surface area contributed by atoms with Gasteiger partial charge in [0.1, 0.15) is 5.75 Å². The zero-order valence-electron chi connectivity index (χ0n) is 11.0. The molecule has 0 amide bonds. The van der Waals surface area contributed by atoms with Crippen molar-refractivity contribution >= 4 is 27.3 Å². The van der Waals surface area contributed by atoms with E-state index >= 15 is 0 Å². The van der Waals surface area contributed by atoms with Crippen LogP contribution in [-0.4, -0.2) is 13.7 Å². The van der Waals surface area contributed by atoms with Crippen molar-refractivity contribution in [3.8, 4) is 5.75 Å². The number of halogens is 1. The standard InChI is InChI=1S/C15H16BrNOS/c1-9-7-12(16)15(19-9)14(17-2)11-3-4-13-10(8-11)5-6-18-13/h3-4,7-8,14,17H,5-6H2,1-2H3. The molecule has 1 aromatic carbocycles. The lowest BCUT2D eigenvalue weighted by atomic mass is 10.0. The van der Waals surface area contributed by atoms with Gasteiger partial charge in [-0.2, -0.15) is 0 Å². The number of rotatable bonds is 3. The highest BCUT2D eigenvalue weighted by Gasteiger charge is 2.20. The van der Waals surface area contributed by atoms with Gasteiger partial charge < -0.3 is 10.1 Å². The van der Waals surface area contributed by atoms with Gasteiger partial charge in [0.15, 0.2) is 0 Å². The SMILES string of the molecule is CNC(c1ccc2c(c1)CCO2)c1sc(C)cc1Br. The third-order valence-electron chi connectivity index (χ3n) is 3.43. The Labute approximate surface area is 125 Å². The van der Waals surface area contributed by atoms with Crippen LogP contribution < -0.4 is 10.1 Å². The average Bonchev–Trinajstić information content (AvgIpc) is 2.97. The summed E-state index contributed by atoms with van der Waals surface area (Å²) in [7, 11) is 2.01. The van der Waals surface area contributed by atoms with Crippen molar-refractivity contribution in [2.75, 3.05) is 13.7 Å². The normalized spacial score (nSPS) is 15.1. The molecule has 0 spiro atoms. The molecule has 1 aliphatic heterocycles. The molecule has 0 bridgehead atoms. The van der Waals surface area contributed by atoms with Gasteiger partial charge in [0.25, 0.3) is 0 Å². The summed E-state index contributed by atoms with van der Waals surface area (Å²) in [4.78, 5) is 2.66. The van der Waals surface area contributed by atoms with E-state index in [2.05, 4.69) is 52.4 Å². The van der Waals surface area contributed by atoms with Gasteiger partial charge in [-0.3, -0.25) is 0 Å². The smallest absolute Gasteiger partial charge is 0.122 e. The molecule has 4 heteroatoms. The first-order chi connectivity index (χ1) is 9.19. The number of hydrogen-bond donors (Lipinski definition) is 1. The summed E-state index contributed by atoms with van der Waals surface area (Å²) in [6.07, 6.45) is 1.02. The van der Waals surface area contributed by atoms with E-state index in [0.29, 0.717) is 0 Å². The molecule has 2 aromatic rings. The number of nitrogens with one attached hydrogen (secondary N) is 1. The molecule has 1 aromatic heterocycles. The van der Waals surface area contributed by atoms with E-state index in [1.165, 1.54) is 25.4 Å². The topological polar surface area (TPSA) is 21.3 Å². The minimum absolute atomic E-state index is 0.235. The molecule has 19 heavy (non-hydrogen) atoms. The van der Waals surface area contributed by atoms with Crippen LogP contribution in [0.25, 0.3) is 0 Å². The number of ether oxygens (including phenoxy) is 1. The monoisotopic (exact) mass is 337 g/mol. The van der Waals surface area contributed by atoms with Gasteiger partial charge in [0.2, 0.25) is 0 Å². The predicted octanol–water partition coefficient (Wildman–Crippen LogP) is 4.06. The van der Waals surface area contributed by atoms with E-state index in [1.54, 1.807) is 0 Å². The quantitative estimate of drug-likeness (QED) is 0.911. The van der Waals surface area contributed by atoms with Crippen molar-refractivity contribution in [3.05, 3.63) is 49.6 Å². The Bertz CT molecular complexity index is 608. The van der Waals surface area contributed by atoms with Crippen LogP contribution in [0, 0.1) is 6.92 Å². The molecule has 1 aliphatic rings. The van der Waals surface area contributed by atoms with Crippen LogP contribution in [0.15, 0.2) is 28.7 Å². The Kier molecular flexibility index (Phi) is 3.65. The molecule has 0 radical (unpaired) electrons. The van der Waals surface area contributed by atoms with Crippen LogP contribution in [-0.2, 0) is 6.42 Å². The molecule has 100 valence electrons. The molecular formula is C15H16BrNOS. The summed E-state index contributed by atoms with van der Waals surface area (Å²) in [5, 5.41) is 3.42. The van der Waals surface area contributed by atoms with E-state index in [0.717, 1.165) is 18.8 Å². The van der Waals surface area contributed by atoms with Gasteiger partial charge in [-0.05, 0) is 53.2 Å². The highest BCUT2D eigenvalue weighted by atomic mass is 79.9. The number of benzene rings is 1. The summed E-state index contributed by atoms with van der Waals surface area (Å²) >= 11 is 5.50. The Hall–Kier alpha value is -0.840. The van der Waals surface area contributed by atoms with Crippen molar-refractivity contribution in [2.45, 2.75) is 19.4 Å². The first kappa shape index (κ1) is 13.2. The first-order valence-electron chi connectivity index (χ1n) is 6.37. The summed E-state index contributed by atoms with van der Waals surface area (Å²) < 4.78 is 6.76. The molecule has 0 fully saturated rings. The van der Waals surface area contributed by atoms with Crippen LogP contribution in [0.3, 0.4) is 0 Å². The van der Waals surface area contributed by atoms with Gasteiger partial charge in [-0.15, -0.1) is 11.3 Å². The maximum Gasteiger partial charge on any atom is 0.122 e. The fraction of sp³-hybridized carbons (Fsp3) is 0.333. The summed E-state index contributed by atoms with van der Waals surface area (Å²) in [5.74, 6) is 1.04. The molecule has 1 atom stereocenters. The zero-order chi connectivity index (χ0) is 13.4. The van der Waals surface area contributed by atoms with Crippen molar-refractivity contribution in [3.63, 3.8) is 0 Å². The van der Waals surface area contributed by atoms with Crippen LogP contribution >= 0.6 is 27.3 Å². The largest absolute Gasteiger partial charge is 0.493 e. The zero-order valence-corrected chi connectivity index (χ0v) is 13.4. The fourth-order valence-corrected chi connectivity index (χ4v) is 4.55. The van der Waals surface area contributed by atoms with Gasteiger partial charge in [0.05, 0.1) is 12.6 Å². The molecule has 1 unspecified atom stereocenters. The lowest BCUT2D eigenvalue weighted by Crippen LogP contribution is -2.17. The van der Waals surface area contributed by atoms with E-state index in [9.17, 15) is 0 Å². The third kappa shape index (κ3) is 2.45. The van der Waals surface area contributed by atoms with Crippen molar-refractivity contribution in [2.24, 2.45) is 0 Å². The molecular weight excluding hydrogens is 322 g/mol. The van der Waals surface area contributed by atoms with E-state index in [4.69, 9.17) is 4.74 Å². The third-order valence-corrected chi connectivity index (χ3v) is 5.47. The Morgan fingerprint density at radius 3 is 2.89 bits per heavy atom. The molecule has 0 aliphatic carbocycles. The predicted molar refractivity (Wildman–Crippen MR) is 83.3 cm³/mol. The van der Waals surface area contributed by atoms with E-state index < -0.39 is 0 Å². The van der Waals surface area contributed by atoms with Crippen molar-refractivity contribution in [1.82, 2.24) is 5.32 Å². The molecule has 0 saturated carbocycles. The Morgan fingerprint density at radius 2 is 2.21 bits per heavy atom. The molecule has 1 N–H and O–H groups in total. The second kappa shape index (κ2) is 5.27. The highest BCUT2D eigenvalue weighted by Crippen LogP contribution is 2.37. The van der Waals surface area contributed by atoms with E-state index in [-0.39, 0.29) is 6.04 Å². The second-order valence-electron chi connectivity index (χ2n) is 4.76. The molecule has 2 nitrogen and oxygen atoms in total. The molecule has 2 heterocycles. The van der Waals surface area contributed by atoms with E-state index in [1.807, 2.05) is 18.4 Å². The minimum atomic E-state index is 0.235. The average molecular weight is 338 g/mol. The van der Waals surface area contributed by atoms with Gasteiger partial charge in [-0.25, -0.2) is 0 Å². The molecule has 3 rings (SSSR count). The Balaban J connectivity index is 2.00. The van der Waals surface area contributed by atoms with Gasteiger partial charge >= 0.3 is 0 Å². The van der Waals surface area contributed by atoms with Gasteiger partial charge in [-0.1, -0.05) is 12.1 Å². The number of thiophene rings is 1. The minimum Gasteiger partial charge on any atom is -0.493 e. The van der Waals surface area contributed by atoms with Crippen molar-refractivity contribution < 1.29 is 4.74 Å².